The summed E-state index contributed by atoms with van der Waals surface area (Å²) < 4.78 is 5.03. The molecule has 1 fully saturated rings. The minimum Gasteiger partial charge on any atom is -0.383 e. The van der Waals surface area contributed by atoms with Gasteiger partial charge in [-0.05, 0) is 17.7 Å². The molecule has 3 nitrogen and oxygen atoms in total. The Morgan fingerprint density at radius 1 is 1.47 bits per heavy atom. The van der Waals surface area contributed by atoms with Gasteiger partial charge in [0.15, 0.2) is 0 Å². The van der Waals surface area contributed by atoms with Crippen LogP contribution in [0.2, 0.25) is 5.02 Å². The molecule has 92 valence electrons. The van der Waals surface area contributed by atoms with E-state index < -0.39 is 0 Å². The summed E-state index contributed by atoms with van der Waals surface area (Å²) in [4.78, 5) is 13.6. The van der Waals surface area contributed by atoms with E-state index in [2.05, 4.69) is 0 Å². The lowest BCUT2D eigenvalue weighted by atomic mass is 10.2. The monoisotopic (exact) mass is 271 g/mol. The number of carbonyl (C=O) groups is 1. The first-order valence-corrected chi connectivity index (χ1v) is 6.80. The Morgan fingerprint density at radius 3 is 2.82 bits per heavy atom. The predicted octanol–water partition coefficient (Wildman–Crippen LogP) is 2.56. The molecule has 0 N–H and O–H groups in total. The topological polar surface area (TPSA) is 29.5 Å². The quantitative estimate of drug-likeness (QED) is 0.843. The Balaban J connectivity index is 2.13. The van der Waals surface area contributed by atoms with Gasteiger partial charge in [0, 0.05) is 18.7 Å². The lowest BCUT2D eigenvalue weighted by Gasteiger charge is -2.23. The molecule has 0 radical (unpaired) electrons. The molecule has 0 bridgehead atoms. The summed E-state index contributed by atoms with van der Waals surface area (Å²) in [5, 5.41) is 0.807. The number of carbonyl (C=O) groups excluding carboxylic acids is 1. The van der Waals surface area contributed by atoms with Crippen molar-refractivity contribution in [3.63, 3.8) is 0 Å². The van der Waals surface area contributed by atoms with Gasteiger partial charge in [-0.25, -0.2) is 0 Å². The van der Waals surface area contributed by atoms with E-state index >= 15 is 0 Å². The second-order valence-corrected chi connectivity index (χ2v) is 5.30. The van der Waals surface area contributed by atoms with Gasteiger partial charge in [-0.1, -0.05) is 23.7 Å². The molecule has 2 rings (SSSR count). The fourth-order valence-electron chi connectivity index (χ4n) is 1.79. The van der Waals surface area contributed by atoms with E-state index in [4.69, 9.17) is 16.3 Å². The minimum absolute atomic E-state index is 0.0925. The van der Waals surface area contributed by atoms with Crippen LogP contribution in [0.1, 0.15) is 10.9 Å². The molecule has 0 aromatic heterocycles. The zero-order chi connectivity index (χ0) is 12.3. The third-order valence-electron chi connectivity index (χ3n) is 2.66. The van der Waals surface area contributed by atoms with Gasteiger partial charge in [-0.2, -0.15) is 0 Å². The molecule has 0 saturated carbocycles. The largest absolute Gasteiger partial charge is 0.383 e. The number of hydrogen-bond donors (Lipinski definition) is 0. The number of benzene rings is 1. The van der Waals surface area contributed by atoms with Crippen LogP contribution in [0.4, 0.5) is 0 Å². The first-order chi connectivity index (χ1) is 8.22. The van der Waals surface area contributed by atoms with Gasteiger partial charge >= 0.3 is 0 Å². The van der Waals surface area contributed by atoms with E-state index in [1.807, 2.05) is 29.2 Å². The number of thioether (sulfide) groups is 1. The third kappa shape index (κ3) is 2.94. The van der Waals surface area contributed by atoms with Crippen LogP contribution in [0.25, 0.3) is 0 Å². The van der Waals surface area contributed by atoms with Crippen molar-refractivity contribution in [1.29, 1.82) is 0 Å². The van der Waals surface area contributed by atoms with Crippen LogP contribution in [0.15, 0.2) is 24.3 Å². The number of amides is 1. The van der Waals surface area contributed by atoms with Gasteiger partial charge in [0.05, 0.1) is 12.4 Å². The smallest absolute Gasteiger partial charge is 0.233 e. The van der Waals surface area contributed by atoms with Crippen molar-refractivity contribution < 1.29 is 9.53 Å². The molecule has 0 unspecified atom stereocenters. The molecule has 17 heavy (non-hydrogen) atoms. The molecule has 1 aliphatic heterocycles. The summed E-state index contributed by atoms with van der Waals surface area (Å²) in [5.41, 5.74) is 1.11. The zero-order valence-corrected chi connectivity index (χ0v) is 11.1. The second kappa shape index (κ2) is 5.76. The Labute approximate surface area is 110 Å². The van der Waals surface area contributed by atoms with Crippen LogP contribution in [0, 0.1) is 0 Å². The summed E-state index contributed by atoms with van der Waals surface area (Å²) in [7, 11) is 1.64. The highest BCUT2D eigenvalue weighted by Gasteiger charge is 2.32. The van der Waals surface area contributed by atoms with Crippen molar-refractivity contribution in [2.24, 2.45) is 0 Å². The standard InChI is InChI=1S/C12H14ClNO2S/c1-16-7-6-14-11(15)8-17-12(14)9-2-4-10(13)5-3-9/h2-5,12H,6-8H2,1H3/t12-/m0/s1. The SMILES string of the molecule is COCCN1C(=O)CS[C@H]1c1ccc(Cl)cc1. The van der Waals surface area contributed by atoms with E-state index in [0.29, 0.717) is 23.9 Å². The van der Waals surface area contributed by atoms with Gasteiger partial charge < -0.3 is 9.64 Å². The van der Waals surface area contributed by atoms with Gasteiger partial charge in [-0.15, -0.1) is 11.8 Å². The van der Waals surface area contributed by atoms with Crippen LogP contribution >= 0.6 is 23.4 Å². The molecule has 0 spiro atoms. The summed E-state index contributed by atoms with van der Waals surface area (Å²) in [6, 6.07) is 7.65. The maximum absolute atomic E-state index is 11.8. The molecule has 1 atom stereocenters. The Morgan fingerprint density at radius 2 is 2.18 bits per heavy atom. The highest BCUT2D eigenvalue weighted by atomic mass is 35.5. The summed E-state index contributed by atoms with van der Waals surface area (Å²) >= 11 is 7.51. The number of hydrogen-bond acceptors (Lipinski definition) is 3. The highest BCUT2D eigenvalue weighted by Crippen LogP contribution is 2.38. The van der Waals surface area contributed by atoms with E-state index in [1.54, 1.807) is 18.9 Å². The number of methoxy groups -OCH3 is 1. The minimum atomic E-state index is 0.0925. The molecule has 1 aromatic rings. The molecule has 0 aliphatic carbocycles. The Hall–Kier alpha value is -0.710. The lowest BCUT2D eigenvalue weighted by molar-refractivity contribution is -0.128. The zero-order valence-electron chi connectivity index (χ0n) is 9.56. The molecule has 1 saturated heterocycles. The van der Waals surface area contributed by atoms with Crippen LogP contribution in [0.3, 0.4) is 0 Å². The summed E-state index contributed by atoms with van der Waals surface area (Å²) in [6.45, 7) is 1.20. The Bertz CT molecular complexity index is 396. The maximum Gasteiger partial charge on any atom is 0.233 e. The molecule has 1 heterocycles. The first kappa shape index (κ1) is 12.7. The normalized spacial score (nSPS) is 20.0. The van der Waals surface area contributed by atoms with Gasteiger partial charge in [0.1, 0.15) is 5.37 Å². The number of halogens is 1. The van der Waals surface area contributed by atoms with E-state index in [1.165, 1.54) is 0 Å². The van der Waals surface area contributed by atoms with Gasteiger partial charge in [0.25, 0.3) is 0 Å². The molecule has 1 aliphatic rings. The number of ether oxygens (including phenoxy) is 1. The maximum atomic E-state index is 11.8. The van der Waals surface area contributed by atoms with Gasteiger partial charge in [0.2, 0.25) is 5.91 Å². The second-order valence-electron chi connectivity index (χ2n) is 3.79. The Kier molecular flexibility index (Phi) is 4.31. The van der Waals surface area contributed by atoms with Crippen LogP contribution < -0.4 is 0 Å². The van der Waals surface area contributed by atoms with Crippen molar-refractivity contribution in [2.75, 3.05) is 26.0 Å². The summed E-state index contributed by atoms with van der Waals surface area (Å²) in [5.74, 6) is 0.712. The predicted molar refractivity (Wildman–Crippen MR) is 70.2 cm³/mol. The average Bonchev–Trinajstić information content (AvgIpc) is 2.69. The fourth-order valence-corrected chi connectivity index (χ4v) is 3.13. The van der Waals surface area contributed by atoms with E-state index in [9.17, 15) is 4.79 Å². The van der Waals surface area contributed by atoms with Crippen molar-refractivity contribution in [3.8, 4) is 0 Å². The molecule has 5 heteroatoms. The van der Waals surface area contributed by atoms with E-state index in [0.717, 1.165) is 5.56 Å². The molecular formula is C12H14ClNO2S. The van der Waals surface area contributed by atoms with Crippen LogP contribution in [-0.4, -0.2) is 36.8 Å². The molecule has 1 aromatic carbocycles. The van der Waals surface area contributed by atoms with Crippen LogP contribution in [-0.2, 0) is 9.53 Å². The van der Waals surface area contributed by atoms with Crippen molar-refractivity contribution >= 4 is 29.3 Å². The fraction of sp³-hybridized carbons (Fsp3) is 0.417. The lowest BCUT2D eigenvalue weighted by Crippen LogP contribution is -2.31. The van der Waals surface area contributed by atoms with Crippen molar-refractivity contribution in [1.82, 2.24) is 4.90 Å². The van der Waals surface area contributed by atoms with Gasteiger partial charge in [-0.3, -0.25) is 4.79 Å². The van der Waals surface area contributed by atoms with E-state index in [-0.39, 0.29) is 11.3 Å². The first-order valence-electron chi connectivity index (χ1n) is 5.38. The average molecular weight is 272 g/mol. The van der Waals surface area contributed by atoms with Crippen molar-refractivity contribution in [3.05, 3.63) is 34.9 Å². The molecule has 1 amide bonds. The van der Waals surface area contributed by atoms with Crippen molar-refractivity contribution in [2.45, 2.75) is 5.37 Å². The number of rotatable bonds is 4. The van der Waals surface area contributed by atoms with Crippen LogP contribution in [0.5, 0.6) is 0 Å². The highest BCUT2D eigenvalue weighted by molar-refractivity contribution is 8.00. The number of nitrogens with zero attached hydrogens (tertiary/aromatic N) is 1. The molecular weight excluding hydrogens is 258 g/mol. The third-order valence-corrected chi connectivity index (χ3v) is 4.17. The summed E-state index contributed by atoms with van der Waals surface area (Å²) in [6.07, 6.45) is 0.